The van der Waals surface area contributed by atoms with E-state index in [2.05, 4.69) is 4.74 Å². The first-order valence-corrected chi connectivity index (χ1v) is 4.55. The molecule has 0 bridgehead atoms. The van der Waals surface area contributed by atoms with Crippen LogP contribution >= 0.6 is 11.6 Å². The Labute approximate surface area is 88.2 Å². The van der Waals surface area contributed by atoms with Gasteiger partial charge < -0.3 is 9.64 Å². The summed E-state index contributed by atoms with van der Waals surface area (Å²) in [6, 6.07) is 7.37. The van der Waals surface area contributed by atoms with Gasteiger partial charge in [0.15, 0.2) is 0 Å². The quantitative estimate of drug-likeness (QED) is 0.756. The number of ether oxygens (including phenoxy) is 1. The molecule has 3 nitrogen and oxygen atoms in total. The first kappa shape index (κ1) is 10.9. The van der Waals surface area contributed by atoms with Crippen molar-refractivity contribution in [1.29, 1.82) is 0 Å². The van der Waals surface area contributed by atoms with Gasteiger partial charge in [-0.25, -0.2) is 4.79 Å². The van der Waals surface area contributed by atoms with Gasteiger partial charge in [-0.3, -0.25) is 0 Å². The number of hydrogen-bond donors (Lipinski definition) is 0. The van der Waals surface area contributed by atoms with E-state index in [9.17, 15) is 4.79 Å². The van der Waals surface area contributed by atoms with Gasteiger partial charge in [-0.15, -0.1) is 0 Å². The molecule has 0 aliphatic heterocycles. The van der Waals surface area contributed by atoms with E-state index in [1.807, 2.05) is 18.2 Å². The summed E-state index contributed by atoms with van der Waals surface area (Å²) in [7, 11) is 3.03. The molecule has 0 spiro atoms. The Kier molecular flexibility index (Phi) is 3.77. The topological polar surface area (TPSA) is 29.5 Å². The second-order valence-electron chi connectivity index (χ2n) is 2.96. The molecule has 4 heteroatoms. The molecule has 0 saturated heterocycles. The average Bonchev–Trinajstić information content (AvgIpc) is 2.16. The molecule has 0 N–H and O–H groups in total. The molecule has 1 rings (SSSR count). The summed E-state index contributed by atoms with van der Waals surface area (Å²) in [5.41, 5.74) is 0.977. The van der Waals surface area contributed by atoms with E-state index in [0.717, 1.165) is 5.56 Å². The first-order valence-electron chi connectivity index (χ1n) is 4.17. The van der Waals surface area contributed by atoms with Gasteiger partial charge in [-0.05, 0) is 17.7 Å². The highest BCUT2D eigenvalue weighted by Crippen LogP contribution is 2.12. The monoisotopic (exact) mass is 213 g/mol. The molecule has 0 radical (unpaired) electrons. The van der Waals surface area contributed by atoms with Crippen molar-refractivity contribution in [2.45, 2.75) is 6.54 Å². The smallest absolute Gasteiger partial charge is 0.409 e. The number of nitrogens with zero attached hydrogens (tertiary/aromatic N) is 1. The van der Waals surface area contributed by atoms with Crippen molar-refractivity contribution in [3.63, 3.8) is 0 Å². The van der Waals surface area contributed by atoms with Crippen LogP contribution in [0.5, 0.6) is 0 Å². The van der Waals surface area contributed by atoms with Gasteiger partial charge in [0.05, 0.1) is 7.11 Å². The van der Waals surface area contributed by atoms with Crippen LogP contribution in [0.15, 0.2) is 24.3 Å². The zero-order valence-corrected chi connectivity index (χ0v) is 8.91. The lowest BCUT2D eigenvalue weighted by Gasteiger charge is -2.15. The van der Waals surface area contributed by atoms with Gasteiger partial charge in [0.2, 0.25) is 0 Å². The molecule has 1 aromatic carbocycles. The summed E-state index contributed by atoms with van der Waals surface area (Å²) in [5.74, 6) is 0. The maximum absolute atomic E-state index is 11.1. The summed E-state index contributed by atoms with van der Waals surface area (Å²) in [4.78, 5) is 12.5. The van der Waals surface area contributed by atoms with E-state index in [-0.39, 0.29) is 6.09 Å². The second-order valence-corrected chi connectivity index (χ2v) is 3.39. The predicted octanol–water partition coefficient (Wildman–Crippen LogP) is 2.54. The van der Waals surface area contributed by atoms with Crippen LogP contribution in [-0.4, -0.2) is 25.2 Å². The highest BCUT2D eigenvalue weighted by atomic mass is 35.5. The van der Waals surface area contributed by atoms with Gasteiger partial charge in [0, 0.05) is 18.6 Å². The second kappa shape index (κ2) is 4.86. The van der Waals surface area contributed by atoms with Crippen LogP contribution in [0.25, 0.3) is 0 Å². The van der Waals surface area contributed by atoms with E-state index < -0.39 is 0 Å². The van der Waals surface area contributed by atoms with Crippen LogP contribution in [0.4, 0.5) is 4.79 Å². The average molecular weight is 214 g/mol. The van der Waals surface area contributed by atoms with Crippen LogP contribution in [0.1, 0.15) is 5.56 Å². The molecule has 0 saturated carbocycles. The lowest BCUT2D eigenvalue weighted by atomic mass is 10.2. The minimum atomic E-state index is -0.357. The fourth-order valence-corrected chi connectivity index (χ4v) is 1.34. The van der Waals surface area contributed by atoms with Crippen molar-refractivity contribution in [2.24, 2.45) is 0 Å². The minimum Gasteiger partial charge on any atom is -0.453 e. The van der Waals surface area contributed by atoms with E-state index in [1.54, 1.807) is 13.1 Å². The van der Waals surface area contributed by atoms with E-state index in [1.165, 1.54) is 12.0 Å². The van der Waals surface area contributed by atoms with E-state index >= 15 is 0 Å². The first-order chi connectivity index (χ1) is 6.63. The maximum Gasteiger partial charge on any atom is 0.409 e. The van der Waals surface area contributed by atoms with Crippen LogP contribution < -0.4 is 0 Å². The summed E-state index contributed by atoms with van der Waals surface area (Å²) >= 11 is 5.81. The fourth-order valence-electron chi connectivity index (χ4n) is 1.13. The Balaban J connectivity index is 2.64. The SMILES string of the molecule is COC(=O)N(C)Cc1cccc(Cl)c1. The Morgan fingerprint density at radius 1 is 1.57 bits per heavy atom. The Morgan fingerprint density at radius 2 is 2.29 bits per heavy atom. The molecule has 0 unspecified atom stereocenters. The number of carbonyl (C=O) groups excluding carboxylic acids is 1. The van der Waals surface area contributed by atoms with Crippen molar-refractivity contribution in [1.82, 2.24) is 4.90 Å². The number of hydrogen-bond acceptors (Lipinski definition) is 2. The van der Waals surface area contributed by atoms with Gasteiger partial charge in [0.25, 0.3) is 0 Å². The van der Waals surface area contributed by atoms with Crippen LogP contribution in [0.2, 0.25) is 5.02 Å². The van der Waals surface area contributed by atoms with Gasteiger partial charge in [-0.1, -0.05) is 23.7 Å². The Morgan fingerprint density at radius 3 is 2.86 bits per heavy atom. The predicted molar refractivity (Wildman–Crippen MR) is 55.3 cm³/mol. The molecule has 0 aromatic heterocycles. The Hall–Kier alpha value is -1.22. The summed E-state index contributed by atoms with van der Waals surface area (Å²) in [6.07, 6.45) is -0.357. The zero-order chi connectivity index (χ0) is 10.6. The van der Waals surface area contributed by atoms with Crippen molar-refractivity contribution in [3.8, 4) is 0 Å². The highest BCUT2D eigenvalue weighted by Gasteiger charge is 2.07. The number of methoxy groups -OCH3 is 1. The molecule has 0 heterocycles. The van der Waals surface area contributed by atoms with Crippen molar-refractivity contribution >= 4 is 17.7 Å². The van der Waals surface area contributed by atoms with Gasteiger partial charge in [-0.2, -0.15) is 0 Å². The summed E-state index contributed by atoms with van der Waals surface area (Å²) in [6.45, 7) is 0.493. The number of halogens is 1. The number of rotatable bonds is 2. The summed E-state index contributed by atoms with van der Waals surface area (Å²) in [5, 5.41) is 0.667. The molecule has 0 aliphatic carbocycles. The lowest BCUT2D eigenvalue weighted by molar-refractivity contribution is 0.131. The van der Waals surface area contributed by atoms with Crippen LogP contribution in [0.3, 0.4) is 0 Å². The number of carbonyl (C=O) groups is 1. The fraction of sp³-hybridized carbons (Fsp3) is 0.300. The standard InChI is InChI=1S/C10H12ClNO2/c1-12(10(13)14-2)7-8-4-3-5-9(11)6-8/h3-6H,7H2,1-2H3. The molecule has 1 aromatic rings. The van der Waals surface area contributed by atoms with Crippen LogP contribution in [-0.2, 0) is 11.3 Å². The number of benzene rings is 1. The molecule has 14 heavy (non-hydrogen) atoms. The van der Waals surface area contributed by atoms with E-state index in [0.29, 0.717) is 11.6 Å². The van der Waals surface area contributed by atoms with Gasteiger partial charge >= 0.3 is 6.09 Å². The van der Waals surface area contributed by atoms with Crippen molar-refractivity contribution < 1.29 is 9.53 Å². The van der Waals surface area contributed by atoms with Crippen LogP contribution in [0, 0.1) is 0 Å². The van der Waals surface area contributed by atoms with Crippen molar-refractivity contribution in [3.05, 3.63) is 34.9 Å². The normalized spacial score (nSPS) is 9.64. The molecule has 0 atom stereocenters. The molecule has 1 amide bonds. The highest BCUT2D eigenvalue weighted by molar-refractivity contribution is 6.30. The maximum atomic E-state index is 11.1. The zero-order valence-electron chi connectivity index (χ0n) is 8.16. The molecular weight excluding hydrogens is 202 g/mol. The third-order valence-corrected chi connectivity index (χ3v) is 2.03. The third kappa shape index (κ3) is 2.92. The molecule has 76 valence electrons. The molecule has 0 aliphatic rings. The lowest BCUT2D eigenvalue weighted by Crippen LogP contribution is -2.25. The van der Waals surface area contributed by atoms with Gasteiger partial charge in [0.1, 0.15) is 0 Å². The Bertz CT molecular complexity index is 328. The largest absolute Gasteiger partial charge is 0.453 e. The molecule has 0 fully saturated rings. The third-order valence-electron chi connectivity index (χ3n) is 1.80. The summed E-state index contributed by atoms with van der Waals surface area (Å²) < 4.78 is 4.57. The minimum absolute atomic E-state index is 0.357. The number of amides is 1. The van der Waals surface area contributed by atoms with E-state index in [4.69, 9.17) is 11.6 Å². The molecular formula is C10H12ClNO2. The van der Waals surface area contributed by atoms with Crippen molar-refractivity contribution in [2.75, 3.05) is 14.2 Å².